The zero-order chi connectivity index (χ0) is 19.2. The second kappa shape index (κ2) is 8.40. The third kappa shape index (κ3) is 4.38. The monoisotopic (exact) mass is 391 g/mol. The van der Waals surface area contributed by atoms with E-state index in [1.54, 1.807) is 6.21 Å². The molecule has 0 saturated carbocycles. The number of hydrogen-bond donors (Lipinski definition) is 4. The van der Waals surface area contributed by atoms with Gasteiger partial charge in [0, 0.05) is 28.4 Å². The Hall–Kier alpha value is -3.59. The zero-order valence-electron chi connectivity index (χ0n) is 14.7. The van der Waals surface area contributed by atoms with E-state index in [1.807, 2.05) is 60.8 Å². The van der Waals surface area contributed by atoms with Crippen LogP contribution in [0.2, 0.25) is 0 Å². The predicted molar refractivity (Wildman–Crippen MR) is 112 cm³/mol. The topological polar surface area (TPSA) is 111 Å². The maximum absolute atomic E-state index is 12.0. The average Bonchev–Trinajstić information content (AvgIpc) is 3.35. The maximum atomic E-state index is 12.0. The Kier molecular flexibility index (Phi) is 5.34. The van der Waals surface area contributed by atoms with Gasteiger partial charge in [-0.05, 0) is 18.2 Å². The molecular formula is C19H17N7OS. The third-order valence-corrected chi connectivity index (χ3v) is 4.70. The fourth-order valence-electron chi connectivity index (χ4n) is 2.57. The van der Waals surface area contributed by atoms with E-state index in [0.29, 0.717) is 11.1 Å². The van der Waals surface area contributed by atoms with E-state index in [0.717, 1.165) is 22.2 Å². The number of para-hydroxylation sites is 2. The molecule has 0 aliphatic carbocycles. The number of nitrogens with one attached hydrogen (secondary N) is 4. The number of aromatic nitrogens is 4. The summed E-state index contributed by atoms with van der Waals surface area (Å²) in [5, 5.41) is 15.4. The number of thioether (sulfide) groups is 1. The summed E-state index contributed by atoms with van der Waals surface area (Å²) < 4.78 is 0. The van der Waals surface area contributed by atoms with Crippen LogP contribution in [0.4, 0.5) is 11.6 Å². The molecular weight excluding hydrogens is 374 g/mol. The molecule has 2 aromatic heterocycles. The second-order valence-electron chi connectivity index (χ2n) is 5.83. The number of hydrazone groups is 1. The van der Waals surface area contributed by atoms with Crippen LogP contribution in [0.1, 0.15) is 5.56 Å². The molecule has 0 unspecified atom stereocenters. The lowest BCUT2D eigenvalue weighted by molar-refractivity contribution is -0.113. The summed E-state index contributed by atoms with van der Waals surface area (Å²) >= 11 is 1.24. The number of anilines is 2. The number of carbonyl (C=O) groups is 1. The van der Waals surface area contributed by atoms with Crippen LogP contribution < -0.4 is 10.7 Å². The molecule has 2 aromatic carbocycles. The van der Waals surface area contributed by atoms with Crippen LogP contribution in [0.15, 0.2) is 71.1 Å². The van der Waals surface area contributed by atoms with Gasteiger partial charge in [-0.25, -0.2) is 10.5 Å². The highest BCUT2D eigenvalue weighted by Crippen LogP contribution is 2.17. The van der Waals surface area contributed by atoms with E-state index in [1.165, 1.54) is 11.8 Å². The fraction of sp³-hybridized carbons (Fsp3) is 0.0526. The summed E-state index contributed by atoms with van der Waals surface area (Å²) in [5.74, 6) is 0.500. The zero-order valence-corrected chi connectivity index (χ0v) is 15.5. The highest BCUT2D eigenvalue weighted by Gasteiger charge is 2.08. The van der Waals surface area contributed by atoms with E-state index in [9.17, 15) is 4.79 Å². The molecule has 0 aliphatic heterocycles. The standard InChI is InChI=1S/C19H17N7OS/c27-17(22-14-6-2-1-3-7-14)12-28-19-23-18(25-26-19)24-21-11-13-10-20-16-9-5-4-8-15(13)16/h1-11,20H,12H2,(H,22,27)(H2,23,24,25,26)/b21-11+. The highest BCUT2D eigenvalue weighted by atomic mass is 32.2. The normalized spacial score (nSPS) is 11.1. The van der Waals surface area contributed by atoms with Gasteiger partial charge in [-0.1, -0.05) is 48.2 Å². The summed E-state index contributed by atoms with van der Waals surface area (Å²) in [6.45, 7) is 0. The molecule has 8 nitrogen and oxygen atoms in total. The van der Waals surface area contributed by atoms with Crippen molar-refractivity contribution in [3.8, 4) is 0 Å². The number of hydrogen-bond acceptors (Lipinski definition) is 6. The lowest BCUT2D eigenvalue weighted by Crippen LogP contribution is -2.13. The molecule has 0 bridgehead atoms. The third-order valence-electron chi connectivity index (χ3n) is 3.85. The molecule has 140 valence electrons. The quantitative estimate of drug-likeness (QED) is 0.219. The van der Waals surface area contributed by atoms with E-state index in [2.05, 4.69) is 36.0 Å². The number of H-pyrrole nitrogens is 2. The van der Waals surface area contributed by atoms with Crippen molar-refractivity contribution in [2.24, 2.45) is 5.10 Å². The number of benzene rings is 2. The maximum Gasteiger partial charge on any atom is 0.240 e. The summed E-state index contributed by atoms with van der Waals surface area (Å²) in [7, 11) is 0. The highest BCUT2D eigenvalue weighted by molar-refractivity contribution is 7.99. The molecule has 0 aliphatic rings. The first-order valence-corrected chi connectivity index (χ1v) is 9.52. The number of rotatable bonds is 7. The van der Waals surface area contributed by atoms with Crippen molar-refractivity contribution in [3.05, 3.63) is 66.4 Å². The molecule has 9 heteroatoms. The van der Waals surface area contributed by atoms with Crippen LogP contribution in [0, 0.1) is 0 Å². The van der Waals surface area contributed by atoms with Gasteiger partial charge in [-0.15, -0.1) is 5.10 Å². The van der Waals surface area contributed by atoms with Crippen molar-refractivity contribution in [3.63, 3.8) is 0 Å². The van der Waals surface area contributed by atoms with Crippen molar-refractivity contribution in [1.29, 1.82) is 0 Å². The van der Waals surface area contributed by atoms with Crippen LogP contribution >= 0.6 is 11.8 Å². The van der Waals surface area contributed by atoms with Crippen LogP contribution in [0.25, 0.3) is 10.9 Å². The van der Waals surface area contributed by atoms with Gasteiger partial charge in [-0.2, -0.15) is 10.1 Å². The van der Waals surface area contributed by atoms with Crippen molar-refractivity contribution < 1.29 is 4.79 Å². The van der Waals surface area contributed by atoms with Crippen molar-refractivity contribution >= 4 is 46.4 Å². The predicted octanol–water partition coefficient (Wildman–Crippen LogP) is 3.46. The molecule has 4 rings (SSSR count). The summed E-state index contributed by atoms with van der Waals surface area (Å²) in [6, 6.07) is 17.3. The minimum Gasteiger partial charge on any atom is -0.361 e. The van der Waals surface area contributed by atoms with Gasteiger partial charge < -0.3 is 10.3 Å². The molecule has 0 fully saturated rings. The smallest absolute Gasteiger partial charge is 0.240 e. The Morgan fingerprint density at radius 1 is 1.14 bits per heavy atom. The average molecular weight is 391 g/mol. The number of fused-ring (bicyclic) bond motifs is 1. The first-order valence-electron chi connectivity index (χ1n) is 8.53. The molecule has 4 aromatic rings. The van der Waals surface area contributed by atoms with Gasteiger partial charge in [0.2, 0.25) is 17.0 Å². The lowest BCUT2D eigenvalue weighted by Gasteiger charge is -2.02. The molecule has 2 heterocycles. The Bertz CT molecular complexity index is 1100. The Morgan fingerprint density at radius 2 is 1.96 bits per heavy atom. The molecule has 0 atom stereocenters. The molecule has 0 radical (unpaired) electrons. The minimum atomic E-state index is -0.118. The van der Waals surface area contributed by atoms with Crippen molar-refractivity contribution in [1.82, 2.24) is 20.2 Å². The first kappa shape index (κ1) is 17.8. The largest absolute Gasteiger partial charge is 0.361 e. The van der Waals surface area contributed by atoms with Crippen LogP contribution in [-0.2, 0) is 4.79 Å². The van der Waals surface area contributed by atoms with Gasteiger partial charge in [-0.3, -0.25) is 4.79 Å². The SMILES string of the molecule is O=C(CSc1n[nH]c(N/N=C/c2c[nH]c3ccccc23)n1)Nc1ccccc1. The molecule has 28 heavy (non-hydrogen) atoms. The summed E-state index contributed by atoms with van der Waals surface area (Å²) in [4.78, 5) is 19.4. The van der Waals surface area contributed by atoms with Gasteiger partial charge in [0.1, 0.15) is 0 Å². The lowest BCUT2D eigenvalue weighted by atomic mass is 10.2. The van der Waals surface area contributed by atoms with Gasteiger partial charge in [0.05, 0.1) is 12.0 Å². The fourth-order valence-corrected chi connectivity index (χ4v) is 3.17. The number of amides is 1. The van der Waals surface area contributed by atoms with E-state index < -0.39 is 0 Å². The van der Waals surface area contributed by atoms with Crippen LogP contribution in [-0.4, -0.2) is 38.0 Å². The Labute approximate surface area is 164 Å². The van der Waals surface area contributed by atoms with Crippen LogP contribution in [0.3, 0.4) is 0 Å². The van der Waals surface area contributed by atoms with Crippen LogP contribution in [0.5, 0.6) is 0 Å². The molecule has 1 amide bonds. The molecule has 0 saturated heterocycles. The molecule has 0 spiro atoms. The Balaban J connectivity index is 1.29. The van der Waals surface area contributed by atoms with Gasteiger partial charge >= 0.3 is 0 Å². The number of aromatic amines is 2. The first-order chi connectivity index (χ1) is 13.8. The number of carbonyl (C=O) groups excluding carboxylic acids is 1. The van der Waals surface area contributed by atoms with Crippen molar-refractivity contribution in [2.75, 3.05) is 16.5 Å². The van der Waals surface area contributed by atoms with Gasteiger partial charge in [0.15, 0.2) is 0 Å². The Morgan fingerprint density at radius 3 is 2.86 bits per heavy atom. The minimum absolute atomic E-state index is 0.118. The summed E-state index contributed by atoms with van der Waals surface area (Å²) in [6.07, 6.45) is 3.60. The van der Waals surface area contributed by atoms with Gasteiger partial charge in [0.25, 0.3) is 0 Å². The second-order valence-corrected chi connectivity index (χ2v) is 6.77. The number of nitrogens with zero attached hydrogens (tertiary/aromatic N) is 3. The molecule has 4 N–H and O–H groups in total. The van der Waals surface area contributed by atoms with Crippen molar-refractivity contribution in [2.45, 2.75) is 5.16 Å². The van der Waals surface area contributed by atoms with E-state index in [-0.39, 0.29) is 11.7 Å². The van der Waals surface area contributed by atoms with E-state index >= 15 is 0 Å². The summed E-state index contributed by atoms with van der Waals surface area (Å²) in [5.41, 5.74) is 5.59. The van der Waals surface area contributed by atoms with E-state index in [4.69, 9.17) is 0 Å².